The molecule has 0 bridgehead atoms. The molecule has 10 nitrogen and oxygen atoms in total. The number of nitrogen functional groups attached to an aromatic ring is 1. The van der Waals surface area contributed by atoms with E-state index in [2.05, 4.69) is 43.9 Å². The zero-order valence-corrected chi connectivity index (χ0v) is 22.8. The number of rotatable bonds is 6. The topological polar surface area (TPSA) is 134 Å². The van der Waals surface area contributed by atoms with E-state index in [1.54, 1.807) is 6.20 Å². The van der Waals surface area contributed by atoms with Gasteiger partial charge in [-0.2, -0.15) is 5.10 Å². The molecule has 11 heteroatoms. The number of piperidine rings is 1. The zero-order chi connectivity index (χ0) is 26.4. The summed E-state index contributed by atoms with van der Waals surface area (Å²) < 4.78 is 0. The first kappa shape index (κ1) is 25.1. The molecule has 200 valence electrons. The van der Waals surface area contributed by atoms with E-state index in [1.807, 2.05) is 10.3 Å². The van der Waals surface area contributed by atoms with E-state index in [4.69, 9.17) is 5.73 Å². The van der Waals surface area contributed by atoms with Gasteiger partial charge in [0, 0.05) is 36.3 Å². The molecule has 0 spiro atoms. The Morgan fingerprint density at radius 1 is 1.11 bits per heavy atom. The molecule has 2 saturated heterocycles. The number of nitrogens with one attached hydrogen (secondary N) is 1. The summed E-state index contributed by atoms with van der Waals surface area (Å²) in [6.07, 6.45) is 7.57. The van der Waals surface area contributed by atoms with Crippen molar-refractivity contribution in [1.29, 1.82) is 0 Å². The second-order valence-corrected chi connectivity index (χ2v) is 12.3. The van der Waals surface area contributed by atoms with Crippen LogP contribution in [0, 0.1) is 0 Å². The number of fused-ring (bicyclic) bond motifs is 3. The summed E-state index contributed by atoms with van der Waals surface area (Å²) in [5, 5.41) is 10.0. The fraction of sp³-hybridized carbons (Fsp3) is 0.556. The summed E-state index contributed by atoms with van der Waals surface area (Å²) in [6.45, 7) is 8.23. The average Bonchev–Trinajstić information content (AvgIpc) is 3.66. The Hall–Kier alpha value is -3.18. The number of hydrogen-bond acceptors (Lipinski definition) is 9. The molecule has 0 radical (unpaired) electrons. The summed E-state index contributed by atoms with van der Waals surface area (Å²) in [4.78, 5) is 44.1. The second kappa shape index (κ2) is 9.85. The van der Waals surface area contributed by atoms with Crippen molar-refractivity contribution in [2.75, 3.05) is 31.9 Å². The standard InChI is InChI=1S/C27H34N8O2S/c1-27(2)13-16-14-29-26(28)31-23(16)25-22(27)24(32-33-25)19(36)12-20-30-17(15-38-20)11-21(37)35-9-5-18(6-10-35)34-7-3-4-8-34/h14-15,18H,3-13H2,1-2H3,(H,32,33)(H2,28,29,31). The van der Waals surface area contributed by atoms with E-state index >= 15 is 0 Å². The van der Waals surface area contributed by atoms with E-state index in [1.165, 1.54) is 37.3 Å². The van der Waals surface area contributed by atoms with Crippen LogP contribution in [-0.2, 0) is 29.5 Å². The normalized spacial score (nSPS) is 19.4. The van der Waals surface area contributed by atoms with Gasteiger partial charge in [-0.05, 0) is 56.2 Å². The number of anilines is 1. The van der Waals surface area contributed by atoms with Crippen LogP contribution in [0.5, 0.6) is 0 Å². The SMILES string of the molecule is CC1(C)Cc2cnc(N)nc2-c2n[nH]c(C(=O)Cc3nc(CC(=O)N4CCC(N5CCCC5)CC4)cs3)c21. The van der Waals surface area contributed by atoms with Crippen LogP contribution in [0.25, 0.3) is 11.4 Å². The lowest BCUT2D eigenvalue weighted by Crippen LogP contribution is -2.46. The van der Waals surface area contributed by atoms with Crippen LogP contribution in [0.4, 0.5) is 5.95 Å². The number of likely N-dealkylation sites (tertiary alicyclic amines) is 2. The molecular formula is C27H34N8O2S. The summed E-state index contributed by atoms with van der Waals surface area (Å²) >= 11 is 1.43. The molecule has 3 aromatic rings. The van der Waals surface area contributed by atoms with E-state index < -0.39 is 0 Å². The highest BCUT2D eigenvalue weighted by atomic mass is 32.1. The first-order valence-electron chi connectivity index (χ1n) is 13.5. The van der Waals surface area contributed by atoms with Gasteiger partial charge >= 0.3 is 0 Å². The molecule has 3 aromatic heterocycles. The fourth-order valence-corrected chi connectivity index (χ4v) is 7.08. The van der Waals surface area contributed by atoms with Crippen LogP contribution >= 0.6 is 11.3 Å². The number of hydrogen-bond donors (Lipinski definition) is 2. The number of nitrogens with zero attached hydrogens (tertiary/aromatic N) is 6. The van der Waals surface area contributed by atoms with Gasteiger partial charge in [0.05, 0.1) is 24.2 Å². The van der Waals surface area contributed by atoms with Gasteiger partial charge in [-0.3, -0.25) is 14.7 Å². The molecule has 3 N–H and O–H groups in total. The van der Waals surface area contributed by atoms with Gasteiger partial charge in [0.2, 0.25) is 11.9 Å². The molecule has 0 saturated carbocycles. The number of nitrogens with two attached hydrogens (primary N) is 1. The van der Waals surface area contributed by atoms with Crippen molar-refractivity contribution in [1.82, 2.24) is 34.9 Å². The Morgan fingerprint density at radius 3 is 2.63 bits per heavy atom. The lowest BCUT2D eigenvalue weighted by atomic mass is 9.73. The van der Waals surface area contributed by atoms with Gasteiger partial charge in [-0.25, -0.2) is 15.0 Å². The summed E-state index contributed by atoms with van der Waals surface area (Å²) in [7, 11) is 0. The predicted molar refractivity (Wildman–Crippen MR) is 145 cm³/mol. The van der Waals surface area contributed by atoms with Gasteiger partial charge in [0.15, 0.2) is 5.78 Å². The Morgan fingerprint density at radius 2 is 1.87 bits per heavy atom. The number of aromatic nitrogens is 5. The molecule has 2 fully saturated rings. The maximum Gasteiger partial charge on any atom is 0.228 e. The zero-order valence-electron chi connectivity index (χ0n) is 22.0. The van der Waals surface area contributed by atoms with Crippen LogP contribution in [0.2, 0.25) is 0 Å². The third-order valence-electron chi connectivity index (χ3n) is 8.18. The van der Waals surface area contributed by atoms with Gasteiger partial charge in [-0.15, -0.1) is 11.3 Å². The van der Waals surface area contributed by atoms with Crippen molar-refractivity contribution < 1.29 is 9.59 Å². The van der Waals surface area contributed by atoms with E-state index in [-0.39, 0.29) is 35.9 Å². The molecule has 1 amide bonds. The second-order valence-electron chi connectivity index (χ2n) is 11.3. The summed E-state index contributed by atoms with van der Waals surface area (Å²) in [5.41, 5.74) is 9.90. The molecule has 0 aromatic carbocycles. The molecule has 2 aliphatic heterocycles. The van der Waals surface area contributed by atoms with Crippen LogP contribution in [0.3, 0.4) is 0 Å². The van der Waals surface area contributed by atoms with Crippen LogP contribution in [0.1, 0.15) is 71.8 Å². The minimum atomic E-state index is -0.317. The van der Waals surface area contributed by atoms with Crippen LogP contribution in [0.15, 0.2) is 11.6 Å². The third kappa shape index (κ3) is 4.73. The third-order valence-corrected chi connectivity index (χ3v) is 9.08. The molecule has 5 heterocycles. The van der Waals surface area contributed by atoms with Crippen molar-refractivity contribution in [3.63, 3.8) is 0 Å². The maximum absolute atomic E-state index is 13.4. The lowest BCUT2D eigenvalue weighted by Gasteiger charge is -2.36. The number of H-pyrrole nitrogens is 1. The number of Topliss-reactive ketones (excluding diaryl/α,β-unsaturated/α-hetero) is 1. The largest absolute Gasteiger partial charge is 0.368 e. The van der Waals surface area contributed by atoms with E-state index in [0.717, 1.165) is 42.8 Å². The van der Waals surface area contributed by atoms with E-state index in [0.29, 0.717) is 34.6 Å². The average molecular weight is 535 g/mol. The Kier molecular flexibility index (Phi) is 6.51. The molecule has 1 aliphatic carbocycles. The fourth-order valence-electron chi connectivity index (χ4n) is 6.28. The highest BCUT2D eigenvalue weighted by Gasteiger charge is 2.38. The molecule has 6 rings (SSSR count). The minimum absolute atomic E-state index is 0.0754. The maximum atomic E-state index is 13.4. The van der Waals surface area contributed by atoms with Crippen LogP contribution < -0.4 is 5.73 Å². The van der Waals surface area contributed by atoms with Crippen molar-refractivity contribution in [2.45, 2.75) is 70.3 Å². The monoisotopic (exact) mass is 534 g/mol. The quantitative estimate of drug-likeness (QED) is 0.461. The first-order chi connectivity index (χ1) is 18.3. The van der Waals surface area contributed by atoms with Gasteiger partial charge in [0.1, 0.15) is 16.4 Å². The summed E-state index contributed by atoms with van der Waals surface area (Å²) in [5.74, 6) is 0.233. The van der Waals surface area contributed by atoms with E-state index in [9.17, 15) is 9.59 Å². The molecule has 0 atom stereocenters. The summed E-state index contributed by atoms with van der Waals surface area (Å²) in [6, 6.07) is 0.620. The number of amides is 1. The van der Waals surface area contributed by atoms with Gasteiger partial charge < -0.3 is 15.5 Å². The number of carbonyl (C=O) groups excluding carboxylic acids is 2. The number of aromatic amines is 1. The lowest BCUT2D eigenvalue weighted by molar-refractivity contribution is -0.132. The number of ketones is 1. The highest BCUT2D eigenvalue weighted by Crippen LogP contribution is 2.43. The predicted octanol–water partition coefficient (Wildman–Crippen LogP) is 2.79. The highest BCUT2D eigenvalue weighted by molar-refractivity contribution is 7.09. The Bertz CT molecular complexity index is 1370. The van der Waals surface area contributed by atoms with Crippen molar-refractivity contribution in [2.24, 2.45) is 0 Å². The first-order valence-corrected chi connectivity index (χ1v) is 14.4. The number of carbonyl (C=O) groups is 2. The molecule has 38 heavy (non-hydrogen) atoms. The molecule has 0 unspecified atom stereocenters. The molecular weight excluding hydrogens is 500 g/mol. The van der Waals surface area contributed by atoms with Gasteiger partial charge in [0.25, 0.3) is 0 Å². The molecule has 3 aliphatic rings. The number of thiazole rings is 1. The Balaban J connectivity index is 1.10. The smallest absolute Gasteiger partial charge is 0.228 e. The van der Waals surface area contributed by atoms with Crippen molar-refractivity contribution in [3.05, 3.63) is 39.1 Å². The van der Waals surface area contributed by atoms with Crippen molar-refractivity contribution in [3.8, 4) is 11.4 Å². The Labute approximate surface area is 226 Å². The van der Waals surface area contributed by atoms with Gasteiger partial charge in [-0.1, -0.05) is 13.8 Å². The van der Waals surface area contributed by atoms with Crippen LogP contribution in [-0.4, -0.2) is 78.9 Å². The minimum Gasteiger partial charge on any atom is -0.368 e. The van der Waals surface area contributed by atoms with Crippen molar-refractivity contribution >= 4 is 29.0 Å².